The van der Waals surface area contributed by atoms with Gasteiger partial charge in [-0.25, -0.2) is 4.79 Å². The van der Waals surface area contributed by atoms with Gasteiger partial charge in [0.05, 0.1) is 0 Å². The van der Waals surface area contributed by atoms with Gasteiger partial charge < -0.3 is 15.5 Å². The Kier molecular flexibility index (Phi) is 6.33. The molecule has 1 fully saturated rings. The van der Waals surface area contributed by atoms with E-state index in [0.29, 0.717) is 11.1 Å². The molecular formula is C16H24ClN3O. The summed E-state index contributed by atoms with van der Waals surface area (Å²) in [6.45, 7) is 4.70. The molecule has 5 heteroatoms. The van der Waals surface area contributed by atoms with Gasteiger partial charge in [0.25, 0.3) is 0 Å². The summed E-state index contributed by atoms with van der Waals surface area (Å²) in [5, 5.41) is 7.11. The van der Waals surface area contributed by atoms with Crippen LogP contribution in [0.1, 0.15) is 32.6 Å². The highest BCUT2D eigenvalue weighted by molar-refractivity contribution is 6.30. The molecule has 2 amide bonds. The first kappa shape index (κ1) is 16.1. The third kappa shape index (κ3) is 5.21. The molecule has 0 bridgehead atoms. The fourth-order valence-corrected chi connectivity index (χ4v) is 2.75. The number of piperidine rings is 1. The molecule has 0 saturated carbocycles. The minimum atomic E-state index is -0.0356. The van der Waals surface area contributed by atoms with Crippen molar-refractivity contribution >= 4 is 23.3 Å². The number of nitrogens with zero attached hydrogens (tertiary/aromatic N) is 1. The standard InChI is InChI=1S/C16H24ClN3O/c1-2-11-20(12-15-5-3-4-10-18-15)16(21)19-14-8-6-13(17)7-9-14/h6-9,15,18H,2-5,10-12H2,1H3,(H,19,21). The third-order valence-electron chi connectivity index (χ3n) is 3.73. The van der Waals surface area contributed by atoms with Crippen molar-refractivity contribution in [1.82, 2.24) is 10.2 Å². The number of benzene rings is 1. The van der Waals surface area contributed by atoms with Crippen molar-refractivity contribution < 1.29 is 4.79 Å². The van der Waals surface area contributed by atoms with E-state index >= 15 is 0 Å². The number of hydrogen-bond acceptors (Lipinski definition) is 2. The topological polar surface area (TPSA) is 44.4 Å². The zero-order valence-corrected chi connectivity index (χ0v) is 13.3. The maximum absolute atomic E-state index is 12.4. The lowest BCUT2D eigenvalue weighted by molar-refractivity contribution is 0.199. The van der Waals surface area contributed by atoms with E-state index in [1.54, 1.807) is 12.1 Å². The number of nitrogens with one attached hydrogen (secondary N) is 2. The quantitative estimate of drug-likeness (QED) is 0.870. The van der Waals surface area contributed by atoms with Crippen LogP contribution in [0.25, 0.3) is 0 Å². The van der Waals surface area contributed by atoms with Crippen molar-refractivity contribution in [3.63, 3.8) is 0 Å². The number of carbonyl (C=O) groups is 1. The summed E-state index contributed by atoms with van der Waals surface area (Å²) in [5.74, 6) is 0. The minimum Gasteiger partial charge on any atom is -0.323 e. The van der Waals surface area contributed by atoms with E-state index in [-0.39, 0.29) is 6.03 Å². The molecule has 0 aliphatic carbocycles. The van der Waals surface area contributed by atoms with Gasteiger partial charge in [0.1, 0.15) is 0 Å². The molecule has 0 aromatic heterocycles. The summed E-state index contributed by atoms with van der Waals surface area (Å²) in [7, 11) is 0. The molecule has 0 spiro atoms. The van der Waals surface area contributed by atoms with E-state index in [0.717, 1.165) is 38.2 Å². The van der Waals surface area contributed by atoms with E-state index in [1.165, 1.54) is 12.8 Å². The van der Waals surface area contributed by atoms with Crippen molar-refractivity contribution in [3.8, 4) is 0 Å². The number of halogens is 1. The van der Waals surface area contributed by atoms with Crippen LogP contribution in [0.2, 0.25) is 5.02 Å². The maximum atomic E-state index is 12.4. The van der Waals surface area contributed by atoms with E-state index < -0.39 is 0 Å². The third-order valence-corrected chi connectivity index (χ3v) is 3.98. The first-order valence-electron chi connectivity index (χ1n) is 7.74. The van der Waals surface area contributed by atoms with Gasteiger partial charge in [-0.15, -0.1) is 0 Å². The molecule has 1 aromatic carbocycles. The van der Waals surface area contributed by atoms with Gasteiger partial charge in [-0.05, 0) is 50.1 Å². The van der Waals surface area contributed by atoms with Crippen LogP contribution in [0.4, 0.5) is 10.5 Å². The van der Waals surface area contributed by atoms with Gasteiger partial charge >= 0.3 is 6.03 Å². The van der Waals surface area contributed by atoms with Gasteiger partial charge in [0.2, 0.25) is 0 Å². The van der Waals surface area contributed by atoms with Crippen molar-refractivity contribution in [2.24, 2.45) is 0 Å². The molecule has 1 atom stereocenters. The Morgan fingerprint density at radius 3 is 2.76 bits per heavy atom. The van der Waals surface area contributed by atoms with Crippen molar-refractivity contribution in [3.05, 3.63) is 29.3 Å². The molecule has 1 aliphatic heterocycles. The number of urea groups is 1. The fourth-order valence-electron chi connectivity index (χ4n) is 2.63. The average Bonchev–Trinajstić information content (AvgIpc) is 2.50. The van der Waals surface area contributed by atoms with Gasteiger partial charge in [0.15, 0.2) is 0 Å². The Bertz CT molecular complexity index is 443. The van der Waals surface area contributed by atoms with Crippen molar-refractivity contribution in [2.75, 3.05) is 25.0 Å². The van der Waals surface area contributed by atoms with Crippen LogP contribution in [0, 0.1) is 0 Å². The van der Waals surface area contributed by atoms with Crippen LogP contribution >= 0.6 is 11.6 Å². The summed E-state index contributed by atoms with van der Waals surface area (Å²) in [4.78, 5) is 14.3. The molecule has 1 saturated heterocycles. The Balaban J connectivity index is 1.92. The number of hydrogen-bond donors (Lipinski definition) is 2. The Morgan fingerprint density at radius 1 is 1.38 bits per heavy atom. The second-order valence-corrected chi connectivity index (χ2v) is 5.97. The Hall–Kier alpha value is -1.26. The molecule has 2 N–H and O–H groups in total. The predicted octanol–water partition coefficient (Wildman–Crippen LogP) is 3.73. The molecule has 21 heavy (non-hydrogen) atoms. The van der Waals surface area contributed by atoms with Crippen LogP contribution in [0.15, 0.2) is 24.3 Å². The van der Waals surface area contributed by atoms with E-state index in [1.807, 2.05) is 17.0 Å². The zero-order valence-electron chi connectivity index (χ0n) is 12.6. The van der Waals surface area contributed by atoms with Gasteiger partial charge in [-0.3, -0.25) is 0 Å². The summed E-state index contributed by atoms with van der Waals surface area (Å²) >= 11 is 5.86. The highest BCUT2D eigenvalue weighted by Gasteiger charge is 2.20. The van der Waals surface area contributed by atoms with E-state index in [9.17, 15) is 4.79 Å². The number of anilines is 1. The lowest BCUT2D eigenvalue weighted by Crippen LogP contribution is -2.47. The molecule has 116 valence electrons. The molecule has 4 nitrogen and oxygen atoms in total. The first-order chi connectivity index (χ1) is 10.2. The Morgan fingerprint density at radius 2 is 2.14 bits per heavy atom. The largest absolute Gasteiger partial charge is 0.323 e. The number of rotatable bonds is 5. The monoisotopic (exact) mass is 309 g/mol. The van der Waals surface area contributed by atoms with Crippen molar-refractivity contribution in [2.45, 2.75) is 38.6 Å². The fraction of sp³-hybridized carbons (Fsp3) is 0.562. The summed E-state index contributed by atoms with van der Waals surface area (Å²) in [5.41, 5.74) is 0.780. The zero-order chi connectivity index (χ0) is 15.1. The average molecular weight is 310 g/mol. The highest BCUT2D eigenvalue weighted by atomic mass is 35.5. The molecule has 1 aromatic rings. The number of amides is 2. The first-order valence-corrected chi connectivity index (χ1v) is 8.11. The molecule has 1 aliphatic rings. The summed E-state index contributed by atoms with van der Waals surface area (Å²) in [6, 6.07) is 7.59. The maximum Gasteiger partial charge on any atom is 0.321 e. The molecule has 0 radical (unpaired) electrons. The van der Waals surface area contributed by atoms with Gasteiger partial charge in [0, 0.05) is 29.8 Å². The SMILES string of the molecule is CCCN(CC1CCCCN1)C(=O)Nc1ccc(Cl)cc1. The predicted molar refractivity (Wildman–Crippen MR) is 88.0 cm³/mol. The van der Waals surface area contributed by atoms with Gasteiger partial charge in [-0.2, -0.15) is 0 Å². The summed E-state index contributed by atoms with van der Waals surface area (Å²) in [6.07, 6.45) is 4.59. The smallest absolute Gasteiger partial charge is 0.321 e. The second-order valence-electron chi connectivity index (χ2n) is 5.53. The van der Waals surface area contributed by atoms with Crippen LogP contribution in [-0.4, -0.2) is 36.6 Å². The van der Waals surface area contributed by atoms with E-state index in [4.69, 9.17) is 11.6 Å². The van der Waals surface area contributed by atoms with Crippen LogP contribution in [0.3, 0.4) is 0 Å². The van der Waals surface area contributed by atoms with E-state index in [2.05, 4.69) is 17.6 Å². The molecule has 1 heterocycles. The van der Waals surface area contributed by atoms with Crippen LogP contribution < -0.4 is 10.6 Å². The molecule has 2 rings (SSSR count). The van der Waals surface area contributed by atoms with Gasteiger partial charge in [-0.1, -0.05) is 24.9 Å². The van der Waals surface area contributed by atoms with Crippen LogP contribution in [0.5, 0.6) is 0 Å². The molecule has 1 unspecified atom stereocenters. The Labute approximate surface area is 131 Å². The van der Waals surface area contributed by atoms with Crippen LogP contribution in [-0.2, 0) is 0 Å². The van der Waals surface area contributed by atoms with Crippen molar-refractivity contribution in [1.29, 1.82) is 0 Å². The highest BCUT2D eigenvalue weighted by Crippen LogP contribution is 2.15. The second kappa shape index (κ2) is 8.25. The number of carbonyl (C=O) groups excluding carboxylic acids is 1. The lowest BCUT2D eigenvalue weighted by atomic mass is 10.0. The minimum absolute atomic E-state index is 0.0356. The normalized spacial score (nSPS) is 18.3. The lowest BCUT2D eigenvalue weighted by Gasteiger charge is -2.30. The summed E-state index contributed by atoms with van der Waals surface area (Å²) < 4.78 is 0. The molecular weight excluding hydrogens is 286 g/mol.